The van der Waals surface area contributed by atoms with Gasteiger partial charge < -0.3 is 13.2 Å². The molecule has 0 aromatic carbocycles. The SMILES string of the molecule is CC.N#Cc1c[c-]cnc1N.[CH3-].[Y]. The number of aromatic nitrogens is 1. The molecule has 4 heteroatoms. The summed E-state index contributed by atoms with van der Waals surface area (Å²) in [5, 5.41) is 8.33. The molecule has 2 N–H and O–H groups in total. The van der Waals surface area contributed by atoms with E-state index < -0.39 is 0 Å². The van der Waals surface area contributed by atoms with Crippen molar-refractivity contribution in [3.63, 3.8) is 0 Å². The zero-order valence-corrected chi connectivity index (χ0v) is 11.0. The van der Waals surface area contributed by atoms with E-state index in [0.717, 1.165) is 0 Å². The van der Waals surface area contributed by atoms with Crippen LogP contribution in [0.3, 0.4) is 0 Å². The maximum atomic E-state index is 8.33. The molecule has 3 nitrogen and oxygen atoms in total. The summed E-state index contributed by atoms with van der Waals surface area (Å²) in [4.78, 5) is 3.65. The quantitative estimate of drug-likeness (QED) is 0.716. The number of nitrogens with two attached hydrogens (primary N) is 1. The zero-order valence-electron chi connectivity index (χ0n) is 8.20. The Morgan fingerprint density at radius 1 is 1.54 bits per heavy atom. The Labute approximate surface area is 105 Å². The van der Waals surface area contributed by atoms with Crippen molar-refractivity contribution < 1.29 is 32.7 Å². The molecule has 1 aromatic rings. The van der Waals surface area contributed by atoms with E-state index in [1.807, 2.05) is 19.9 Å². The number of nitrogens with zero attached hydrogens (tertiary/aromatic N) is 2. The molecule has 0 fully saturated rings. The molecule has 0 aliphatic heterocycles. The molecule has 1 radical (unpaired) electrons. The molecule has 1 rings (SSSR count). The summed E-state index contributed by atoms with van der Waals surface area (Å²) < 4.78 is 0. The van der Waals surface area contributed by atoms with Gasteiger partial charge in [0, 0.05) is 38.8 Å². The fourth-order valence-electron chi connectivity index (χ4n) is 0.460. The van der Waals surface area contributed by atoms with E-state index in [9.17, 15) is 0 Å². The van der Waals surface area contributed by atoms with Crippen molar-refractivity contribution in [1.82, 2.24) is 4.98 Å². The fourth-order valence-corrected chi connectivity index (χ4v) is 0.460. The number of nitriles is 1. The topological polar surface area (TPSA) is 62.7 Å². The Hall–Kier alpha value is -0.456. The summed E-state index contributed by atoms with van der Waals surface area (Å²) in [6, 6.07) is 6.02. The Bertz CT molecular complexity index is 255. The van der Waals surface area contributed by atoms with Crippen molar-refractivity contribution in [3.05, 3.63) is 31.3 Å². The smallest absolute Gasteiger partial charge is 0.0551 e. The van der Waals surface area contributed by atoms with Crippen LogP contribution in [0.4, 0.5) is 5.82 Å². The largest absolute Gasteiger partial charge is 0.398 e. The van der Waals surface area contributed by atoms with Crippen LogP contribution < -0.4 is 5.73 Å². The van der Waals surface area contributed by atoms with Crippen molar-refractivity contribution >= 4 is 5.82 Å². The molecule has 0 spiro atoms. The number of anilines is 1. The van der Waals surface area contributed by atoms with Crippen molar-refractivity contribution in [1.29, 1.82) is 5.26 Å². The van der Waals surface area contributed by atoms with Crippen LogP contribution in [0, 0.1) is 24.8 Å². The van der Waals surface area contributed by atoms with Crippen LogP contribution in [0.25, 0.3) is 0 Å². The Kier molecular flexibility index (Phi) is 16.3. The van der Waals surface area contributed by atoms with Gasteiger partial charge in [-0.3, -0.25) is 4.98 Å². The first-order chi connectivity index (χ1) is 5.34. The Balaban J connectivity index is -0.000000234. The number of hydrogen-bond donors (Lipinski definition) is 1. The van der Waals surface area contributed by atoms with E-state index in [1.165, 1.54) is 12.3 Å². The average Bonchev–Trinajstić information content (AvgIpc) is 2.09. The zero-order chi connectivity index (χ0) is 8.69. The second-order valence-electron chi connectivity index (χ2n) is 1.48. The summed E-state index contributed by atoms with van der Waals surface area (Å²) in [7, 11) is 0. The Morgan fingerprint density at radius 2 is 2.08 bits per heavy atom. The van der Waals surface area contributed by atoms with Gasteiger partial charge in [0.15, 0.2) is 0 Å². The molecule has 0 saturated carbocycles. The molecular formula is C9H13N3Y-2. The third-order valence-corrected chi connectivity index (χ3v) is 0.902. The number of rotatable bonds is 0. The first-order valence-electron chi connectivity index (χ1n) is 3.36. The fraction of sp³-hybridized carbons (Fsp3) is 0.222. The van der Waals surface area contributed by atoms with Gasteiger partial charge in [-0.15, -0.1) is 0 Å². The monoisotopic (exact) mass is 252 g/mol. The predicted molar refractivity (Wildman–Crippen MR) is 50.0 cm³/mol. The van der Waals surface area contributed by atoms with E-state index in [-0.39, 0.29) is 46.0 Å². The molecule has 1 heterocycles. The Morgan fingerprint density at radius 3 is 2.38 bits per heavy atom. The van der Waals surface area contributed by atoms with E-state index >= 15 is 0 Å². The van der Waals surface area contributed by atoms with Gasteiger partial charge >= 0.3 is 0 Å². The molecule has 0 aliphatic rings. The van der Waals surface area contributed by atoms with Crippen LogP contribution in [-0.2, 0) is 32.7 Å². The van der Waals surface area contributed by atoms with E-state index in [4.69, 9.17) is 11.0 Å². The summed E-state index contributed by atoms with van der Waals surface area (Å²) in [5.41, 5.74) is 5.65. The van der Waals surface area contributed by atoms with E-state index in [1.54, 1.807) is 0 Å². The minimum Gasteiger partial charge on any atom is -0.398 e. The first-order valence-corrected chi connectivity index (χ1v) is 3.36. The molecule has 0 unspecified atom stereocenters. The molecular weight excluding hydrogens is 239 g/mol. The summed E-state index contributed by atoms with van der Waals surface area (Å²) >= 11 is 0. The predicted octanol–water partition coefficient (Wildman–Crippen LogP) is 1.81. The van der Waals surface area contributed by atoms with Gasteiger partial charge in [-0.1, -0.05) is 25.6 Å². The number of nitrogen functional groups attached to an aromatic ring is 1. The first kappa shape index (κ1) is 18.4. The number of hydrogen-bond acceptors (Lipinski definition) is 3. The van der Waals surface area contributed by atoms with Gasteiger partial charge in [-0.25, -0.2) is 17.4 Å². The summed E-state index contributed by atoms with van der Waals surface area (Å²) in [5.74, 6) is 0.260. The van der Waals surface area contributed by atoms with Crippen LogP contribution in [0.2, 0.25) is 0 Å². The maximum Gasteiger partial charge on any atom is 0.0551 e. The number of pyridine rings is 1. The van der Waals surface area contributed by atoms with Crippen LogP contribution in [0.15, 0.2) is 12.3 Å². The molecule has 0 aliphatic carbocycles. The third-order valence-electron chi connectivity index (χ3n) is 0.902. The van der Waals surface area contributed by atoms with Crippen LogP contribution in [0.1, 0.15) is 19.4 Å². The molecule has 13 heavy (non-hydrogen) atoms. The van der Waals surface area contributed by atoms with E-state index in [2.05, 4.69) is 11.1 Å². The van der Waals surface area contributed by atoms with Crippen LogP contribution >= 0.6 is 0 Å². The van der Waals surface area contributed by atoms with Crippen molar-refractivity contribution in [2.45, 2.75) is 13.8 Å². The normalized spacial score (nSPS) is 6.23. The second-order valence-corrected chi connectivity index (χ2v) is 1.48. The minimum absolute atomic E-state index is 0. The molecule has 0 bridgehead atoms. The molecule has 0 atom stereocenters. The molecule has 0 saturated heterocycles. The molecule has 0 amide bonds. The second kappa shape index (κ2) is 11.5. The summed E-state index contributed by atoms with van der Waals surface area (Å²) in [6.45, 7) is 4.00. The third kappa shape index (κ3) is 6.68. The van der Waals surface area contributed by atoms with Crippen molar-refractivity contribution in [2.75, 3.05) is 5.73 Å². The molecule has 69 valence electrons. The van der Waals surface area contributed by atoms with Gasteiger partial charge in [0.25, 0.3) is 0 Å². The van der Waals surface area contributed by atoms with E-state index in [0.29, 0.717) is 5.56 Å². The van der Waals surface area contributed by atoms with Gasteiger partial charge in [0.2, 0.25) is 0 Å². The van der Waals surface area contributed by atoms with Crippen LogP contribution in [0.5, 0.6) is 0 Å². The standard InChI is InChI=1S/C6H4N3.C2H6.CH3.Y/c7-4-5-2-1-3-9-6(5)8;1-2;;/h2-3H,(H2,8,9);1-2H3;1H3;/q-1;;-1;. The van der Waals surface area contributed by atoms with Crippen molar-refractivity contribution in [3.8, 4) is 6.07 Å². The van der Waals surface area contributed by atoms with Gasteiger partial charge in [-0.05, 0) is 0 Å². The van der Waals surface area contributed by atoms with Gasteiger partial charge in [0.05, 0.1) is 5.82 Å². The average molecular weight is 252 g/mol. The van der Waals surface area contributed by atoms with Gasteiger partial charge in [0.1, 0.15) is 0 Å². The maximum absolute atomic E-state index is 8.33. The van der Waals surface area contributed by atoms with Gasteiger partial charge in [-0.2, -0.15) is 0 Å². The minimum atomic E-state index is 0. The van der Waals surface area contributed by atoms with Crippen molar-refractivity contribution in [2.24, 2.45) is 0 Å². The molecule has 1 aromatic heterocycles. The van der Waals surface area contributed by atoms with Crippen LogP contribution in [-0.4, -0.2) is 4.98 Å². The summed E-state index contributed by atoms with van der Waals surface area (Å²) in [6.07, 6.45) is 1.43.